The molecule has 3 atom stereocenters. The zero-order valence-corrected chi connectivity index (χ0v) is 15.7. The second-order valence-electron chi connectivity index (χ2n) is 7.60. The van der Waals surface area contributed by atoms with Crippen molar-refractivity contribution in [3.63, 3.8) is 0 Å². The molecule has 1 saturated heterocycles. The molecule has 0 radical (unpaired) electrons. The molecule has 6 nitrogen and oxygen atoms in total. The van der Waals surface area contributed by atoms with E-state index in [9.17, 15) is 14.7 Å². The minimum absolute atomic E-state index is 0.147. The first-order chi connectivity index (χ1) is 11.6. The Hall–Kier alpha value is -2.24. The van der Waals surface area contributed by atoms with E-state index >= 15 is 0 Å². The van der Waals surface area contributed by atoms with Crippen molar-refractivity contribution in [3.05, 3.63) is 23.8 Å². The van der Waals surface area contributed by atoms with Gasteiger partial charge in [0, 0.05) is 6.04 Å². The molecule has 0 aromatic heterocycles. The third kappa shape index (κ3) is 3.57. The molecule has 0 saturated carbocycles. The molecule has 3 unspecified atom stereocenters. The smallest absolute Gasteiger partial charge is 0.326 e. The molecule has 1 N–H and O–H groups in total. The fraction of sp³-hybridized carbons (Fsp3) is 0.579. The number of aliphatic carboxylic acids is 1. The summed E-state index contributed by atoms with van der Waals surface area (Å²) < 4.78 is 10.6. The van der Waals surface area contributed by atoms with Gasteiger partial charge in [0.1, 0.15) is 6.04 Å². The van der Waals surface area contributed by atoms with Crippen LogP contribution in [0, 0.1) is 5.41 Å². The van der Waals surface area contributed by atoms with Crippen molar-refractivity contribution >= 4 is 11.9 Å². The minimum Gasteiger partial charge on any atom is -0.493 e. The van der Waals surface area contributed by atoms with Gasteiger partial charge in [-0.1, -0.05) is 26.8 Å². The van der Waals surface area contributed by atoms with Crippen molar-refractivity contribution in [1.82, 2.24) is 4.90 Å². The van der Waals surface area contributed by atoms with E-state index in [1.165, 1.54) is 4.90 Å². The quantitative estimate of drug-likeness (QED) is 0.884. The maximum absolute atomic E-state index is 13.1. The molecule has 1 amide bonds. The molecular formula is C19H27NO5. The average Bonchev–Trinajstić information content (AvgIpc) is 2.81. The van der Waals surface area contributed by atoms with Crippen molar-refractivity contribution in [3.8, 4) is 11.5 Å². The van der Waals surface area contributed by atoms with Crippen LogP contribution in [0.5, 0.6) is 11.5 Å². The predicted molar refractivity (Wildman–Crippen MR) is 94.1 cm³/mol. The Morgan fingerprint density at radius 1 is 1.24 bits per heavy atom. The maximum atomic E-state index is 13.1. The lowest BCUT2D eigenvalue weighted by atomic mass is 9.85. The predicted octanol–water partition coefficient (Wildman–Crippen LogP) is 2.91. The van der Waals surface area contributed by atoms with Crippen molar-refractivity contribution in [2.75, 3.05) is 14.2 Å². The number of nitrogens with zero attached hydrogens (tertiary/aromatic N) is 1. The largest absolute Gasteiger partial charge is 0.493 e. The summed E-state index contributed by atoms with van der Waals surface area (Å²) in [6, 6.07) is 4.40. The molecular weight excluding hydrogens is 322 g/mol. The number of ether oxygens (including phenoxy) is 2. The van der Waals surface area contributed by atoms with Crippen LogP contribution in [0.15, 0.2) is 18.2 Å². The normalized spacial score (nSPS) is 22.0. The molecule has 1 heterocycles. The zero-order chi connectivity index (χ0) is 18.9. The molecule has 0 bridgehead atoms. The molecule has 1 aliphatic rings. The van der Waals surface area contributed by atoms with Crippen LogP contribution >= 0.6 is 0 Å². The van der Waals surface area contributed by atoms with E-state index in [1.807, 2.05) is 33.8 Å². The number of benzene rings is 1. The van der Waals surface area contributed by atoms with E-state index in [0.717, 1.165) is 5.56 Å². The maximum Gasteiger partial charge on any atom is 0.326 e. The monoisotopic (exact) mass is 349 g/mol. The zero-order valence-electron chi connectivity index (χ0n) is 15.7. The average molecular weight is 349 g/mol. The summed E-state index contributed by atoms with van der Waals surface area (Å²) in [4.78, 5) is 26.4. The number of carboxylic acids is 1. The number of carboxylic acid groups (broad SMARTS) is 1. The Labute approximate surface area is 148 Å². The molecule has 1 aromatic rings. The van der Waals surface area contributed by atoms with Gasteiger partial charge in [-0.15, -0.1) is 0 Å². The lowest BCUT2D eigenvalue weighted by Crippen LogP contribution is -2.52. The summed E-state index contributed by atoms with van der Waals surface area (Å²) in [7, 11) is 3.11. The number of hydrogen-bond acceptors (Lipinski definition) is 4. The van der Waals surface area contributed by atoms with Gasteiger partial charge < -0.3 is 19.5 Å². The molecule has 25 heavy (non-hydrogen) atoms. The third-order valence-corrected chi connectivity index (χ3v) is 4.75. The minimum atomic E-state index is -0.972. The van der Waals surface area contributed by atoms with Gasteiger partial charge in [0.2, 0.25) is 5.91 Å². The van der Waals surface area contributed by atoms with Crippen LogP contribution in [-0.4, -0.2) is 48.2 Å². The second-order valence-corrected chi connectivity index (χ2v) is 7.60. The van der Waals surface area contributed by atoms with Gasteiger partial charge in [-0.05, 0) is 36.5 Å². The summed E-state index contributed by atoms with van der Waals surface area (Å²) >= 11 is 0. The van der Waals surface area contributed by atoms with Gasteiger partial charge in [0.05, 0.1) is 20.1 Å². The standard InChI is InChI=1S/C19H27NO5/c1-11-9-13(12-7-8-14(24-5)15(10-12)25-6)17(21)20(11)16(18(22)23)19(2,3)4/h7-8,10-11,13,16H,9H2,1-6H3,(H,22,23). The van der Waals surface area contributed by atoms with Crippen LogP contribution in [0.2, 0.25) is 0 Å². The molecule has 138 valence electrons. The van der Waals surface area contributed by atoms with Gasteiger partial charge in [-0.25, -0.2) is 4.79 Å². The number of amides is 1. The van der Waals surface area contributed by atoms with E-state index in [2.05, 4.69) is 0 Å². The van der Waals surface area contributed by atoms with E-state index in [1.54, 1.807) is 26.4 Å². The topological polar surface area (TPSA) is 76.1 Å². The molecule has 0 spiro atoms. The summed E-state index contributed by atoms with van der Waals surface area (Å²) in [6.45, 7) is 7.43. The van der Waals surface area contributed by atoms with Crippen LogP contribution in [0.3, 0.4) is 0 Å². The summed E-state index contributed by atoms with van der Waals surface area (Å²) in [5, 5.41) is 9.68. The first-order valence-electron chi connectivity index (χ1n) is 8.38. The number of rotatable bonds is 5. The molecule has 1 fully saturated rings. The number of carbonyl (C=O) groups excluding carboxylic acids is 1. The summed E-state index contributed by atoms with van der Waals surface area (Å²) in [5.74, 6) is -0.342. The number of methoxy groups -OCH3 is 2. The van der Waals surface area contributed by atoms with Crippen LogP contribution < -0.4 is 9.47 Å². The Kier molecular flexibility index (Phi) is 5.30. The van der Waals surface area contributed by atoms with Crippen LogP contribution in [0.4, 0.5) is 0 Å². The molecule has 0 aliphatic carbocycles. The highest BCUT2D eigenvalue weighted by Crippen LogP contribution is 2.40. The lowest BCUT2D eigenvalue weighted by molar-refractivity contribution is -0.154. The Morgan fingerprint density at radius 3 is 2.32 bits per heavy atom. The van der Waals surface area contributed by atoms with Gasteiger partial charge in [-0.2, -0.15) is 0 Å². The SMILES string of the molecule is COc1ccc(C2CC(C)N(C(C(=O)O)C(C)(C)C)C2=O)cc1OC. The summed E-state index contributed by atoms with van der Waals surface area (Å²) in [6.07, 6.45) is 0.578. The van der Waals surface area contributed by atoms with Crippen LogP contribution in [0.1, 0.15) is 45.6 Å². The van der Waals surface area contributed by atoms with Crippen LogP contribution in [-0.2, 0) is 9.59 Å². The van der Waals surface area contributed by atoms with Crippen LogP contribution in [0.25, 0.3) is 0 Å². The number of carbonyl (C=O) groups is 2. The Balaban J connectivity index is 2.38. The first-order valence-corrected chi connectivity index (χ1v) is 8.38. The molecule has 2 rings (SSSR count). The number of likely N-dealkylation sites (tertiary alicyclic amines) is 1. The highest BCUT2D eigenvalue weighted by molar-refractivity contribution is 5.91. The van der Waals surface area contributed by atoms with Crippen molar-refractivity contribution in [1.29, 1.82) is 0 Å². The van der Waals surface area contributed by atoms with Crippen molar-refractivity contribution < 1.29 is 24.2 Å². The third-order valence-electron chi connectivity index (χ3n) is 4.75. The van der Waals surface area contributed by atoms with Gasteiger partial charge in [0.15, 0.2) is 11.5 Å². The molecule has 1 aliphatic heterocycles. The number of hydrogen-bond donors (Lipinski definition) is 1. The Morgan fingerprint density at radius 2 is 1.84 bits per heavy atom. The van der Waals surface area contributed by atoms with E-state index in [0.29, 0.717) is 17.9 Å². The molecule has 6 heteroatoms. The van der Waals surface area contributed by atoms with E-state index < -0.39 is 17.4 Å². The summed E-state index contributed by atoms with van der Waals surface area (Å²) in [5.41, 5.74) is 0.262. The second kappa shape index (κ2) is 6.94. The van der Waals surface area contributed by atoms with E-state index in [4.69, 9.17) is 9.47 Å². The lowest BCUT2D eigenvalue weighted by Gasteiger charge is -2.37. The molecule has 1 aromatic carbocycles. The highest BCUT2D eigenvalue weighted by Gasteiger charge is 2.48. The fourth-order valence-electron chi connectivity index (χ4n) is 3.59. The Bertz CT molecular complexity index is 664. The first kappa shape index (κ1) is 19.1. The highest BCUT2D eigenvalue weighted by atomic mass is 16.5. The van der Waals surface area contributed by atoms with Crippen molar-refractivity contribution in [2.24, 2.45) is 5.41 Å². The van der Waals surface area contributed by atoms with Gasteiger partial charge in [0.25, 0.3) is 0 Å². The van der Waals surface area contributed by atoms with E-state index in [-0.39, 0.29) is 17.9 Å². The van der Waals surface area contributed by atoms with Crippen molar-refractivity contribution in [2.45, 2.75) is 52.1 Å². The van der Waals surface area contributed by atoms with Gasteiger partial charge in [-0.3, -0.25) is 4.79 Å². The van der Waals surface area contributed by atoms with Gasteiger partial charge >= 0.3 is 5.97 Å². The fourth-order valence-corrected chi connectivity index (χ4v) is 3.59.